The van der Waals surface area contributed by atoms with Crippen molar-refractivity contribution in [2.24, 2.45) is 29.1 Å². The Morgan fingerprint density at radius 1 is 0.660 bits per heavy atom. The van der Waals surface area contributed by atoms with Gasteiger partial charge in [-0.05, 0) is 107 Å². The highest BCUT2D eigenvalue weighted by molar-refractivity contribution is 5.71. The van der Waals surface area contributed by atoms with Crippen LogP contribution in [0.1, 0.15) is 135 Å². The van der Waals surface area contributed by atoms with Crippen molar-refractivity contribution in [2.45, 2.75) is 135 Å². The summed E-state index contributed by atoms with van der Waals surface area (Å²) in [5.41, 5.74) is 0.116. The van der Waals surface area contributed by atoms with E-state index in [1.165, 1.54) is 57.8 Å². The van der Waals surface area contributed by atoms with Gasteiger partial charge in [-0.1, -0.05) is 63.3 Å². The van der Waals surface area contributed by atoms with Crippen molar-refractivity contribution < 1.29 is 28.6 Å². The first-order valence-electron chi connectivity index (χ1n) is 20.5. The fraction of sp³-hybridized carbons (Fsp3) is 0.833. The summed E-state index contributed by atoms with van der Waals surface area (Å²) >= 11 is 0. The monoisotopic (exact) mass is 699 g/mol. The van der Waals surface area contributed by atoms with Crippen LogP contribution in [0.5, 0.6) is 0 Å². The zero-order valence-corrected chi connectivity index (χ0v) is 31.8. The maximum atomic E-state index is 13.1. The molecule has 4 aliphatic carbocycles. The normalized spacial score (nSPS) is 25.8. The van der Waals surface area contributed by atoms with Gasteiger partial charge >= 0.3 is 17.9 Å². The van der Waals surface area contributed by atoms with Gasteiger partial charge in [0.25, 0.3) is 0 Å². The van der Waals surface area contributed by atoms with Gasteiger partial charge < -0.3 is 24.0 Å². The molecule has 5 fully saturated rings. The summed E-state index contributed by atoms with van der Waals surface area (Å²) in [7, 11) is 2.12. The number of esters is 3. The third kappa shape index (κ3) is 15.6. The molecular formula is C42H70N2O6. The van der Waals surface area contributed by atoms with Crippen molar-refractivity contribution in [3.05, 3.63) is 24.3 Å². The Kier molecular flexibility index (Phi) is 18.4. The molecule has 0 aromatic carbocycles. The van der Waals surface area contributed by atoms with Crippen LogP contribution in [0, 0.1) is 29.1 Å². The number of hydrogen-bond acceptors (Lipinski definition) is 8. The third-order valence-corrected chi connectivity index (χ3v) is 11.7. The smallest absolute Gasteiger partial charge is 0.307 e. The molecule has 1 unspecified atom stereocenters. The lowest BCUT2D eigenvalue weighted by molar-refractivity contribution is -0.157. The van der Waals surface area contributed by atoms with Gasteiger partial charge in [-0.15, -0.1) is 0 Å². The summed E-state index contributed by atoms with van der Waals surface area (Å²) in [4.78, 5) is 43.0. The van der Waals surface area contributed by atoms with E-state index in [1.807, 2.05) is 0 Å². The van der Waals surface area contributed by atoms with E-state index in [1.54, 1.807) is 0 Å². The minimum Gasteiger partial charge on any atom is -0.465 e. The van der Waals surface area contributed by atoms with E-state index in [9.17, 15) is 14.4 Å². The summed E-state index contributed by atoms with van der Waals surface area (Å²) in [6.07, 6.45) is 30.3. The lowest BCUT2D eigenvalue weighted by Crippen LogP contribution is -2.47. The summed E-state index contributed by atoms with van der Waals surface area (Å²) in [6.45, 7) is 7.13. The number of nitrogens with zero attached hydrogens (tertiary/aromatic N) is 2. The highest BCUT2D eigenvalue weighted by Crippen LogP contribution is 2.61. The molecule has 1 atom stereocenters. The molecule has 0 spiro atoms. The second-order valence-corrected chi connectivity index (χ2v) is 16.4. The van der Waals surface area contributed by atoms with E-state index in [0.717, 1.165) is 95.3 Å². The van der Waals surface area contributed by atoms with Gasteiger partial charge in [-0.25, -0.2) is 0 Å². The number of rotatable bonds is 25. The first kappa shape index (κ1) is 40.6. The van der Waals surface area contributed by atoms with Crippen molar-refractivity contribution in [1.82, 2.24) is 9.80 Å². The van der Waals surface area contributed by atoms with Crippen molar-refractivity contribution in [3.63, 3.8) is 0 Å². The van der Waals surface area contributed by atoms with Crippen LogP contribution >= 0.6 is 0 Å². The van der Waals surface area contributed by atoms with Gasteiger partial charge in [0.15, 0.2) is 0 Å². The molecule has 1 heterocycles. The molecule has 1 aliphatic heterocycles. The molecule has 4 bridgehead atoms. The number of likely N-dealkylation sites (N-methyl/N-ethyl adjacent to an activating group) is 1. The predicted octanol–water partition coefficient (Wildman–Crippen LogP) is 8.29. The molecule has 4 saturated carbocycles. The average molecular weight is 699 g/mol. The summed E-state index contributed by atoms with van der Waals surface area (Å²) < 4.78 is 17.1. The summed E-state index contributed by atoms with van der Waals surface area (Å²) in [5, 5.41) is 0. The highest BCUT2D eigenvalue weighted by Gasteiger charge is 2.51. The van der Waals surface area contributed by atoms with Gasteiger partial charge in [0.1, 0.15) is 19.8 Å². The molecule has 5 aliphatic rings. The van der Waals surface area contributed by atoms with Crippen LogP contribution in [-0.4, -0.2) is 87.3 Å². The topological polar surface area (TPSA) is 85.4 Å². The van der Waals surface area contributed by atoms with Crippen LogP contribution in [0.15, 0.2) is 24.3 Å². The second-order valence-electron chi connectivity index (χ2n) is 16.4. The number of unbranched alkanes of at least 4 members (excludes halogenated alkanes) is 8. The second kappa shape index (κ2) is 22.7. The zero-order valence-electron chi connectivity index (χ0n) is 31.8. The Balaban J connectivity index is 1.10. The maximum Gasteiger partial charge on any atom is 0.307 e. The summed E-state index contributed by atoms with van der Waals surface area (Å²) in [6, 6.07) is 0. The molecule has 0 radical (unpaired) electrons. The summed E-state index contributed by atoms with van der Waals surface area (Å²) in [5.74, 6) is 1.33. The highest BCUT2D eigenvalue weighted by atomic mass is 16.6. The van der Waals surface area contributed by atoms with Crippen molar-refractivity contribution in [1.29, 1.82) is 0 Å². The number of ether oxygens (including phenoxy) is 3. The molecule has 5 rings (SSSR count). The maximum absolute atomic E-state index is 13.1. The van der Waals surface area contributed by atoms with Gasteiger partial charge in [0.2, 0.25) is 0 Å². The minimum atomic E-state index is -0.364. The van der Waals surface area contributed by atoms with Crippen molar-refractivity contribution >= 4 is 17.9 Å². The van der Waals surface area contributed by atoms with Crippen LogP contribution in [0.4, 0.5) is 0 Å². The molecule has 0 N–H and O–H groups in total. The van der Waals surface area contributed by atoms with E-state index in [2.05, 4.69) is 48.1 Å². The van der Waals surface area contributed by atoms with Crippen LogP contribution in [0.3, 0.4) is 0 Å². The van der Waals surface area contributed by atoms with Crippen LogP contribution < -0.4 is 0 Å². The molecule has 50 heavy (non-hydrogen) atoms. The SMILES string of the molecule is CCCCC/C=C\C/C=C\CCCCCCCC(=O)OCC(COC(=O)CCN1CCN(C)CC1)COC(=O)CC12CC3CC(CC(C3)C1)C2. The largest absolute Gasteiger partial charge is 0.465 e. The minimum absolute atomic E-state index is 0.0865. The Morgan fingerprint density at radius 2 is 1.18 bits per heavy atom. The fourth-order valence-corrected chi connectivity index (χ4v) is 9.19. The molecule has 0 aromatic rings. The first-order chi connectivity index (χ1) is 24.3. The standard InChI is InChI=1S/C42H70N2O6/c1-3-4-5-6-7-8-9-10-11-12-13-14-15-16-17-18-39(45)48-32-38(33-49-40(46)19-20-44-23-21-43(2)22-24-44)34-50-41(47)31-42-28-35-25-36(29-42)27-37(26-35)30-42/h7-8,10-11,35-38H,3-6,9,12-34H2,1-2H3/b8-7-,11-10-. The predicted molar refractivity (Wildman–Crippen MR) is 200 cm³/mol. The van der Waals surface area contributed by atoms with E-state index in [4.69, 9.17) is 14.2 Å². The first-order valence-corrected chi connectivity index (χ1v) is 20.5. The van der Waals surface area contributed by atoms with E-state index in [0.29, 0.717) is 25.8 Å². The third-order valence-electron chi connectivity index (χ3n) is 11.7. The Bertz CT molecular complexity index is 1030. The molecule has 284 valence electrons. The fourth-order valence-electron chi connectivity index (χ4n) is 9.19. The average Bonchev–Trinajstić information content (AvgIpc) is 3.08. The molecular weight excluding hydrogens is 628 g/mol. The Labute approximate surface area is 304 Å². The van der Waals surface area contributed by atoms with Crippen molar-refractivity contribution in [2.75, 3.05) is 59.6 Å². The Hall–Kier alpha value is -2.19. The molecule has 0 aromatic heterocycles. The number of piperazine rings is 1. The Morgan fingerprint density at radius 3 is 1.78 bits per heavy atom. The zero-order chi connectivity index (χ0) is 35.4. The van der Waals surface area contributed by atoms with Crippen molar-refractivity contribution in [3.8, 4) is 0 Å². The molecule has 0 amide bonds. The lowest BCUT2D eigenvalue weighted by atomic mass is 9.49. The van der Waals surface area contributed by atoms with Crippen LogP contribution in [-0.2, 0) is 28.6 Å². The van der Waals surface area contributed by atoms with Gasteiger partial charge in [-0.3, -0.25) is 14.4 Å². The van der Waals surface area contributed by atoms with Gasteiger partial charge in [0.05, 0.1) is 18.8 Å². The number of hydrogen-bond donors (Lipinski definition) is 0. The molecule has 1 saturated heterocycles. The van der Waals surface area contributed by atoms with Gasteiger partial charge in [0, 0.05) is 39.1 Å². The quantitative estimate of drug-likeness (QED) is 0.0408. The number of carbonyl (C=O) groups excluding carboxylic acids is 3. The van der Waals surface area contributed by atoms with Gasteiger partial charge in [-0.2, -0.15) is 0 Å². The molecule has 8 heteroatoms. The van der Waals surface area contributed by atoms with E-state index >= 15 is 0 Å². The number of allylic oxidation sites excluding steroid dienone is 4. The number of carbonyl (C=O) groups is 3. The van der Waals surface area contributed by atoms with Crippen LogP contribution in [0.2, 0.25) is 0 Å². The molecule has 8 nitrogen and oxygen atoms in total. The van der Waals surface area contributed by atoms with E-state index < -0.39 is 0 Å². The van der Waals surface area contributed by atoms with E-state index in [-0.39, 0.29) is 49.1 Å². The van der Waals surface area contributed by atoms with Crippen LogP contribution in [0.25, 0.3) is 0 Å². The lowest BCUT2D eigenvalue weighted by Gasteiger charge is -2.56.